The molecule has 0 saturated carbocycles. The first-order valence-electron chi connectivity index (χ1n) is 3.02. The molecule has 0 bridgehead atoms. The molecule has 0 aliphatic heterocycles. The Balaban J connectivity index is 0.00000121. The molecule has 6 heteroatoms. The van der Waals surface area contributed by atoms with Crippen molar-refractivity contribution in [3.8, 4) is 0 Å². The highest BCUT2D eigenvalue weighted by Gasteiger charge is 2.29. The average molecular weight is 250 g/mol. The van der Waals surface area contributed by atoms with Crippen LogP contribution in [0.4, 0.5) is 0 Å². The Morgan fingerprint density at radius 1 is 1.42 bits per heavy atom. The van der Waals surface area contributed by atoms with Gasteiger partial charge in [-0.3, -0.25) is 0 Å². The smallest absolute Gasteiger partial charge is 0.236 e. The molecule has 0 aliphatic rings. The van der Waals surface area contributed by atoms with E-state index in [1.165, 1.54) is 0 Å². The third kappa shape index (κ3) is 2.43. The minimum atomic E-state index is -1.34. The van der Waals surface area contributed by atoms with E-state index in [0.717, 1.165) is 0 Å². The molecule has 0 unspecified atom stereocenters. The maximum absolute atomic E-state index is 5.67. The number of rotatable bonds is 0. The van der Waals surface area contributed by atoms with E-state index in [0.29, 0.717) is 5.69 Å². The highest BCUT2D eigenvalue weighted by molar-refractivity contribution is 6.66. The molecule has 0 N–H and O–H groups in total. The van der Waals surface area contributed by atoms with Crippen LogP contribution < -0.4 is 17.1 Å². The third-order valence-corrected chi connectivity index (χ3v) is 2.14. The Labute approximate surface area is 92.4 Å². The Kier molecular flexibility index (Phi) is 4.18. The molecule has 0 aromatic carbocycles. The molecule has 0 fully saturated rings. The highest BCUT2D eigenvalue weighted by Crippen LogP contribution is 2.36. The van der Waals surface area contributed by atoms with Gasteiger partial charge in [-0.15, -0.1) is 4.68 Å². The predicted molar refractivity (Wildman–Crippen MR) is 45.8 cm³/mol. The number of aromatic nitrogens is 2. The maximum atomic E-state index is 5.67. The number of aryl methyl sites for hydroxylation is 1. The second-order valence-corrected chi connectivity index (χ2v) is 4.58. The van der Waals surface area contributed by atoms with E-state index >= 15 is 0 Å². The molecule has 0 aliphatic carbocycles. The van der Waals surface area contributed by atoms with E-state index in [1.54, 1.807) is 10.7 Å². The second kappa shape index (κ2) is 4.05. The number of nitrogens with zero attached hydrogens (tertiary/aromatic N) is 2. The molecule has 1 rings (SSSR count). The van der Waals surface area contributed by atoms with Gasteiger partial charge in [0.2, 0.25) is 3.79 Å². The first kappa shape index (κ1) is 12.4. The predicted octanol–water partition coefficient (Wildman–Crippen LogP) is -1.32. The number of hydrogen-bond acceptors (Lipinski definition) is 0. The lowest BCUT2D eigenvalue weighted by Crippen LogP contribution is -3.00. The highest BCUT2D eigenvalue weighted by atomic mass is 35.6. The van der Waals surface area contributed by atoms with Gasteiger partial charge in [0.05, 0.1) is 7.05 Å². The summed E-state index contributed by atoms with van der Waals surface area (Å²) in [7, 11) is 3.71. The second-order valence-electron chi connectivity index (χ2n) is 2.30. The summed E-state index contributed by atoms with van der Waals surface area (Å²) in [6.45, 7) is 0. The van der Waals surface area contributed by atoms with Crippen molar-refractivity contribution < 1.29 is 17.1 Å². The van der Waals surface area contributed by atoms with Crippen LogP contribution in [0.15, 0.2) is 12.3 Å². The molecule has 1 aromatic rings. The van der Waals surface area contributed by atoms with Crippen molar-refractivity contribution in [3.63, 3.8) is 0 Å². The summed E-state index contributed by atoms with van der Waals surface area (Å²) in [5.41, 5.74) is 0.657. The topological polar surface area (TPSA) is 8.81 Å². The van der Waals surface area contributed by atoms with E-state index in [-0.39, 0.29) is 12.4 Å². The molecule has 0 amide bonds. The average Bonchev–Trinajstić information content (AvgIpc) is 2.11. The van der Waals surface area contributed by atoms with Crippen LogP contribution in [0.1, 0.15) is 5.69 Å². The zero-order valence-electron chi connectivity index (χ0n) is 6.56. The summed E-state index contributed by atoms with van der Waals surface area (Å²) in [5.74, 6) is 0. The molecule has 0 atom stereocenters. The van der Waals surface area contributed by atoms with Crippen molar-refractivity contribution >= 4 is 34.8 Å². The normalized spacial score (nSPS) is 11.1. The number of hydrogen-bond donors (Lipinski definition) is 0. The Morgan fingerprint density at radius 2 is 1.92 bits per heavy atom. The van der Waals surface area contributed by atoms with E-state index in [9.17, 15) is 0 Å². The van der Waals surface area contributed by atoms with E-state index < -0.39 is 3.79 Å². The van der Waals surface area contributed by atoms with Gasteiger partial charge in [-0.25, -0.2) is 0 Å². The summed E-state index contributed by atoms with van der Waals surface area (Å²) in [4.78, 5) is 0. The lowest BCUT2D eigenvalue weighted by atomic mass is 10.5. The fourth-order valence-corrected chi connectivity index (χ4v) is 1.39. The Bertz CT molecular complexity index is 263. The molecule has 0 radical (unpaired) electrons. The fourth-order valence-electron chi connectivity index (χ4n) is 0.834. The standard InChI is InChI=1S/C6H8Cl3N2.ClH/c1-10-4-3-5(11(10)2)6(7,8)9;/h3-4H,1-2H3;1H/q+1;/p-1. The van der Waals surface area contributed by atoms with Crippen LogP contribution in [0.2, 0.25) is 0 Å². The van der Waals surface area contributed by atoms with Crippen molar-refractivity contribution in [1.29, 1.82) is 0 Å². The lowest BCUT2D eigenvalue weighted by Gasteiger charge is -2.07. The van der Waals surface area contributed by atoms with Gasteiger partial charge < -0.3 is 12.4 Å². The molecule has 2 nitrogen and oxygen atoms in total. The van der Waals surface area contributed by atoms with Gasteiger partial charge in [0, 0.05) is 6.07 Å². The van der Waals surface area contributed by atoms with Gasteiger partial charge in [0.15, 0.2) is 13.2 Å². The molecule has 70 valence electrons. The van der Waals surface area contributed by atoms with Gasteiger partial charge >= 0.3 is 0 Å². The molecular weight excluding hydrogens is 242 g/mol. The first-order chi connectivity index (χ1) is 4.93. The monoisotopic (exact) mass is 248 g/mol. The minimum Gasteiger partial charge on any atom is -1.00 e. The molecule has 1 aromatic heterocycles. The van der Waals surface area contributed by atoms with Gasteiger partial charge in [-0.2, -0.15) is 4.68 Å². The van der Waals surface area contributed by atoms with Crippen molar-refractivity contribution in [2.45, 2.75) is 3.79 Å². The van der Waals surface area contributed by atoms with Gasteiger partial charge in [-0.05, 0) is 0 Å². The van der Waals surface area contributed by atoms with E-state index in [4.69, 9.17) is 34.8 Å². The van der Waals surface area contributed by atoms with Crippen molar-refractivity contribution in [1.82, 2.24) is 4.68 Å². The summed E-state index contributed by atoms with van der Waals surface area (Å²) >= 11 is 17.0. The number of halogens is 4. The van der Waals surface area contributed by atoms with E-state index in [1.807, 2.05) is 25.0 Å². The van der Waals surface area contributed by atoms with Crippen molar-refractivity contribution in [3.05, 3.63) is 18.0 Å². The van der Waals surface area contributed by atoms with Gasteiger partial charge in [0.1, 0.15) is 5.69 Å². The van der Waals surface area contributed by atoms with Crippen LogP contribution in [0, 0.1) is 0 Å². The first-order valence-corrected chi connectivity index (χ1v) is 4.15. The Morgan fingerprint density at radius 3 is 2.08 bits per heavy atom. The van der Waals surface area contributed by atoms with Crippen LogP contribution in [0.25, 0.3) is 0 Å². The zero-order valence-corrected chi connectivity index (χ0v) is 9.58. The quantitative estimate of drug-likeness (QED) is 0.399. The molecule has 12 heavy (non-hydrogen) atoms. The van der Waals surface area contributed by atoms with Crippen LogP contribution in [0.3, 0.4) is 0 Å². The molecule has 0 spiro atoms. The molecular formula is C6H8Cl4N2. The van der Waals surface area contributed by atoms with Gasteiger partial charge in [-0.1, -0.05) is 34.8 Å². The van der Waals surface area contributed by atoms with Crippen LogP contribution in [-0.2, 0) is 17.9 Å². The van der Waals surface area contributed by atoms with Crippen molar-refractivity contribution in [2.75, 3.05) is 0 Å². The molecule has 1 heterocycles. The maximum Gasteiger partial charge on any atom is 0.236 e. The third-order valence-electron chi connectivity index (χ3n) is 1.56. The van der Waals surface area contributed by atoms with Crippen LogP contribution in [0.5, 0.6) is 0 Å². The SMILES string of the molecule is Cn1c(C(Cl)(Cl)Cl)cc[n+]1C.[Cl-]. The van der Waals surface area contributed by atoms with Crippen LogP contribution >= 0.6 is 34.8 Å². The summed E-state index contributed by atoms with van der Waals surface area (Å²) in [5, 5.41) is 0. The van der Waals surface area contributed by atoms with Gasteiger partial charge in [0.25, 0.3) is 0 Å². The fraction of sp³-hybridized carbons (Fsp3) is 0.500. The minimum absolute atomic E-state index is 0. The lowest BCUT2D eigenvalue weighted by molar-refractivity contribution is -0.751. The summed E-state index contributed by atoms with van der Waals surface area (Å²) < 4.78 is 2.26. The summed E-state index contributed by atoms with van der Waals surface area (Å²) in [6.07, 6.45) is 1.83. The summed E-state index contributed by atoms with van der Waals surface area (Å²) in [6, 6.07) is 1.77. The van der Waals surface area contributed by atoms with Crippen molar-refractivity contribution in [2.24, 2.45) is 14.1 Å². The molecule has 0 saturated heterocycles. The van der Waals surface area contributed by atoms with Crippen LogP contribution in [-0.4, -0.2) is 4.68 Å². The number of alkyl halides is 3. The largest absolute Gasteiger partial charge is 1.00 e. The Hall–Kier alpha value is 0.370. The zero-order chi connectivity index (χ0) is 8.65. The van der Waals surface area contributed by atoms with E-state index in [2.05, 4.69) is 0 Å².